The van der Waals surface area contributed by atoms with Crippen LogP contribution in [0.25, 0.3) is 5.57 Å². The zero-order chi connectivity index (χ0) is 41.2. The first-order chi connectivity index (χ1) is 24.3. The SMILES string of the molecule is C.C.C.C=C(C)B1OC(C)(C)C(C)(C)O1.C=C(C)c1nccc(N(C)C)c1[N+](=O)[O-].CC(C)c1nccc(N(C)C)c1N.CN(C)c1nccc(Cl)c1[N+](=O)[O-]. The van der Waals surface area contributed by atoms with Crippen LogP contribution in [0.1, 0.15) is 95.0 Å². The third kappa shape index (κ3) is 14.7. The molecule has 17 heteroatoms. The largest absolute Gasteiger partial charge is 0.489 e. The fourth-order valence-electron chi connectivity index (χ4n) is 4.59. The van der Waals surface area contributed by atoms with Crippen LogP contribution in [0.3, 0.4) is 0 Å². The predicted octanol–water partition coefficient (Wildman–Crippen LogP) is 9.75. The zero-order valence-electron chi connectivity index (χ0n) is 33.5. The van der Waals surface area contributed by atoms with Crippen molar-refractivity contribution in [2.24, 2.45) is 0 Å². The van der Waals surface area contributed by atoms with Crippen molar-refractivity contribution >= 4 is 58.5 Å². The van der Waals surface area contributed by atoms with Crippen molar-refractivity contribution in [2.45, 2.75) is 94.8 Å². The number of nitrogen functional groups attached to an aromatic ring is 1. The van der Waals surface area contributed by atoms with E-state index < -0.39 is 9.85 Å². The van der Waals surface area contributed by atoms with E-state index in [9.17, 15) is 20.2 Å². The fraction of sp³-hybridized carbons (Fsp3) is 0.513. The Balaban J connectivity index is -0.000000659. The van der Waals surface area contributed by atoms with Crippen molar-refractivity contribution in [2.75, 3.05) is 62.7 Å². The molecule has 3 aromatic rings. The zero-order valence-corrected chi connectivity index (χ0v) is 34.3. The van der Waals surface area contributed by atoms with E-state index >= 15 is 0 Å². The van der Waals surface area contributed by atoms with Gasteiger partial charge in [0, 0.05) is 60.9 Å². The highest BCUT2D eigenvalue weighted by molar-refractivity contribution is 6.54. The van der Waals surface area contributed by atoms with E-state index in [1.54, 1.807) is 63.4 Å². The van der Waals surface area contributed by atoms with E-state index in [0.717, 1.165) is 22.5 Å². The van der Waals surface area contributed by atoms with Gasteiger partial charge in [-0.2, -0.15) is 0 Å². The van der Waals surface area contributed by atoms with E-state index in [2.05, 4.69) is 42.0 Å². The Bertz CT molecular complexity index is 1730. The fourth-order valence-corrected chi connectivity index (χ4v) is 4.80. The lowest BCUT2D eigenvalue weighted by Crippen LogP contribution is -2.41. The number of nitro groups is 2. The van der Waals surface area contributed by atoms with Gasteiger partial charge in [0.15, 0.2) is 0 Å². The Morgan fingerprint density at radius 3 is 1.55 bits per heavy atom. The molecule has 0 aliphatic carbocycles. The van der Waals surface area contributed by atoms with Gasteiger partial charge in [-0.1, -0.05) is 59.8 Å². The van der Waals surface area contributed by atoms with Crippen LogP contribution in [-0.4, -0.2) is 85.4 Å². The van der Waals surface area contributed by atoms with Crippen LogP contribution in [-0.2, 0) is 9.31 Å². The number of hydrogen-bond acceptors (Lipinski definition) is 13. The maximum atomic E-state index is 10.9. The second kappa shape index (κ2) is 23.3. The Hall–Kier alpha value is -4.80. The van der Waals surface area contributed by atoms with E-state index in [1.165, 1.54) is 12.3 Å². The molecule has 0 saturated carbocycles. The third-order valence-corrected chi connectivity index (χ3v) is 8.42. The van der Waals surface area contributed by atoms with Gasteiger partial charge >= 0.3 is 18.5 Å². The van der Waals surface area contributed by atoms with Crippen molar-refractivity contribution in [3.8, 4) is 0 Å². The first-order valence-electron chi connectivity index (χ1n) is 16.6. The maximum absolute atomic E-state index is 10.9. The minimum atomic E-state index is -0.537. The minimum Gasteiger partial charge on any atom is -0.400 e. The van der Waals surface area contributed by atoms with Crippen LogP contribution in [0.15, 0.2) is 55.4 Å². The summed E-state index contributed by atoms with van der Waals surface area (Å²) in [7, 11) is 10.6. The first kappa shape index (κ1) is 55.5. The monoisotopic (exact) mass is 803 g/mol. The average molecular weight is 804 g/mol. The predicted molar refractivity (Wildman–Crippen MR) is 238 cm³/mol. The second-order valence-corrected chi connectivity index (χ2v) is 14.6. The summed E-state index contributed by atoms with van der Waals surface area (Å²) in [5.41, 5.74) is 10.6. The quantitative estimate of drug-likeness (QED) is 0.129. The summed E-state index contributed by atoms with van der Waals surface area (Å²) in [4.78, 5) is 37.9. The Labute approximate surface area is 341 Å². The van der Waals surface area contributed by atoms with Crippen LogP contribution in [0.5, 0.6) is 0 Å². The van der Waals surface area contributed by atoms with Crippen LogP contribution in [0, 0.1) is 20.2 Å². The first-order valence-corrected chi connectivity index (χ1v) is 17.0. The standard InChI is InChI=1S/C10H13N3O2.C10H17N3.C9H17BO2.C7H8ClN3O2.3CH4/c1-7(2)9-10(13(14)15)8(12(3)4)5-6-11-9;1-7(2)10-9(11)8(13(3)4)5-6-12-10;1-7(2)10-11-8(3,4)9(5,6)12-10;1-10(2)7-6(11(12)13)5(8)3-4-9-7;;;/h5-6H,1H2,2-4H3;5-7H,11H2,1-4H3;1H2,2-6H3;3-4H,1-2H3;3*1H4. The summed E-state index contributed by atoms with van der Waals surface area (Å²) in [5.74, 6) is 0.636. The molecule has 1 aliphatic heterocycles. The number of nitrogens with two attached hydrogens (primary N) is 1. The summed E-state index contributed by atoms with van der Waals surface area (Å²) in [5, 5.41) is 21.7. The molecule has 0 amide bonds. The van der Waals surface area contributed by atoms with Crippen molar-refractivity contribution < 1.29 is 19.2 Å². The lowest BCUT2D eigenvalue weighted by molar-refractivity contribution is -0.384. The summed E-state index contributed by atoms with van der Waals surface area (Å²) < 4.78 is 11.4. The summed E-state index contributed by atoms with van der Waals surface area (Å²) in [6.07, 6.45) is 4.79. The number of halogens is 1. The Morgan fingerprint density at radius 1 is 0.786 bits per heavy atom. The third-order valence-electron chi connectivity index (χ3n) is 8.12. The number of anilines is 4. The van der Waals surface area contributed by atoms with Gasteiger partial charge < -0.3 is 29.7 Å². The Morgan fingerprint density at radius 2 is 1.21 bits per heavy atom. The highest BCUT2D eigenvalue weighted by atomic mass is 35.5. The van der Waals surface area contributed by atoms with Crippen LogP contribution in [0.4, 0.5) is 34.3 Å². The molecular weight excluding hydrogens is 737 g/mol. The maximum Gasteiger partial charge on any atom is 0.489 e. The molecule has 15 nitrogen and oxygen atoms in total. The van der Waals surface area contributed by atoms with E-state index in [4.69, 9.17) is 26.6 Å². The van der Waals surface area contributed by atoms with Gasteiger partial charge in [-0.3, -0.25) is 25.2 Å². The normalized spacial score (nSPS) is 12.9. The van der Waals surface area contributed by atoms with Gasteiger partial charge in [-0.05, 0) is 71.2 Å². The number of rotatable bonds is 8. The topological polar surface area (TPSA) is 179 Å². The number of hydrogen-bond donors (Lipinski definition) is 1. The molecule has 3 aromatic heterocycles. The van der Waals surface area contributed by atoms with Gasteiger partial charge in [-0.25, -0.2) is 9.97 Å². The highest BCUT2D eigenvalue weighted by Crippen LogP contribution is 2.38. The average Bonchev–Trinajstić information content (AvgIpc) is 3.27. The van der Waals surface area contributed by atoms with E-state index in [-0.39, 0.29) is 62.8 Å². The van der Waals surface area contributed by atoms with Crippen molar-refractivity contribution in [3.05, 3.63) is 92.1 Å². The summed E-state index contributed by atoms with van der Waals surface area (Å²) >= 11 is 5.66. The molecule has 56 heavy (non-hydrogen) atoms. The number of allylic oxidation sites excluding steroid dienone is 2. The van der Waals surface area contributed by atoms with Crippen molar-refractivity contribution in [1.82, 2.24) is 15.0 Å². The van der Waals surface area contributed by atoms with Gasteiger partial charge in [0.25, 0.3) is 0 Å². The van der Waals surface area contributed by atoms with E-state index in [0.29, 0.717) is 22.9 Å². The van der Waals surface area contributed by atoms with Gasteiger partial charge in [-0.15, -0.1) is 6.58 Å². The van der Waals surface area contributed by atoms with Crippen LogP contribution in [0.2, 0.25) is 5.02 Å². The van der Waals surface area contributed by atoms with E-state index in [1.807, 2.05) is 59.7 Å². The van der Waals surface area contributed by atoms with Crippen LogP contribution < -0.4 is 20.4 Å². The second-order valence-electron chi connectivity index (χ2n) is 14.2. The smallest absolute Gasteiger partial charge is 0.400 e. The molecule has 0 atom stereocenters. The molecule has 314 valence electrons. The molecule has 0 radical (unpaired) electrons. The number of nitrogens with zero attached hydrogens (tertiary/aromatic N) is 8. The molecule has 0 spiro atoms. The molecule has 0 bridgehead atoms. The molecule has 1 saturated heterocycles. The molecular formula is C39H67BClN9O6. The van der Waals surface area contributed by atoms with Crippen molar-refractivity contribution in [1.29, 1.82) is 0 Å². The highest BCUT2D eigenvalue weighted by Gasteiger charge is 2.51. The molecule has 0 aromatic carbocycles. The molecule has 1 fully saturated rings. The van der Waals surface area contributed by atoms with Crippen molar-refractivity contribution in [3.63, 3.8) is 0 Å². The summed E-state index contributed by atoms with van der Waals surface area (Å²) in [6.45, 7) is 23.5. The molecule has 4 heterocycles. The lowest BCUT2D eigenvalue weighted by atomic mass is 9.81. The van der Waals surface area contributed by atoms with Gasteiger partial charge in [0.2, 0.25) is 5.82 Å². The minimum absolute atomic E-state index is 0. The molecule has 2 N–H and O–H groups in total. The number of pyridine rings is 3. The lowest BCUT2D eigenvalue weighted by Gasteiger charge is -2.32. The summed E-state index contributed by atoms with van der Waals surface area (Å²) in [6, 6.07) is 4.94. The van der Waals surface area contributed by atoms with Gasteiger partial charge in [0.05, 0.1) is 38.1 Å². The molecule has 4 rings (SSSR count). The van der Waals surface area contributed by atoms with Gasteiger partial charge in [0.1, 0.15) is 16.4 Å². The molecule has 1 aliphatic rings. The number of aromatic nitrogens is 3. The molecule has 0 unspecified atom stereocenters. The Kier molecular flexibility index (Phi) is 23.1. The van der Waals surface area contributed by atoms with Crippen LogP contribution >= 0.6 is 11.6 Å².